The molecule has 1 nitrogen and oxygen atoms in total. The molecule has 1 unspecified atom stereocenters. The van der Waals surface area contributed by atoms with Crippen LogP contribution in [-0.2, 0) is 12.8 Å². The van der Waals surface area contributed by atoms with Crippen LogP contribution in [0.1, 0.15) is 28.2 Å². The Morgan fingerprint density at radius 3 is 2.67 bits per heavy atom. The summed E-state index contributed by atoms with van der Waals surface area (Å²) >= 11 is 12.4. The Morgan fingerprint density at radius 1 is 1.19 bits per heavy atom. The predicted octanol–water partition coefficient (Wildman–Crippen LogP) is 5.15. The van der Waals surface area contributed by atoms with Crippen LogP contribution >= 0.6 is 23.2 Å². The van der Waals surface area contributed by atoms with Crippen LogP contribution in [0, 0.1) is 6.92 Å². The standard InChI is InChI=1S/C18H18Cl2O/c1-12-2-4-13(5-3-12)16(11-19)8-15-10-17(20)9-14-6-7-21-18(14)15/h2-5,9-10,16H,6-8,11H2,1H3. The zero-order valence-corrected chi connectivity index (χ0v) is 13.5. The Hall–Kier alpha value is -1.18. The second-order valence-electron chi connectivity index (χ2n) is 5.62. The molecule has 0 bridgehead atoms. The van der Waals surface area contributed by atoms with Gasteiger partial charge in [-0.3, -0.25) is 0 Å². The molecule has 3 rings (SSSR count). The molecule has 0 spiro atoms. The molecule has 2 aromatic rings. The number of aryl methyl sites for hydroxylation is 1. The van der Waals surface area contributed by atoms with Crippen molar-refractivity contribution in [2.75, 3.05) is 12.5 Å². The van der Waals surface area contributed by atoms with Gasteiger partial charge in [0.2, 0.25) is 0 Å². The second-order valence-corrected chi connectivity index (χ2v) is 6.36. The summed E-state index contributed by atoms with van der Waals surface area (Å²) in [6.07, 6.45) is 1.80. The molecule has 0 aliphatic carbocycles. The quantitative estimate of drug-likeness (QED) is 0.708. The molecule has 0 amide bonds. The molecule has 0 radical (unpaired) electrons. The van der Waals surface area contributed by atoms with Crippen molar-refractivity contribution in [3.05, 3.63) is 63.7 Å². The first-order valence-corrected chi connectivity index (χ1v) is 8.15. The number of hydrogen-bond donors (Lipinski definition) is 0. The highest BCUT2D eigenvalue weighted by atomic mass is 35.5. The summed E-state index contributed by atoms with van der Waals surface area (Å²) in [4.78, 5) is 0. The first-order chi connectivity index (χ1) is 10.2. The number of alkyl halides is 1. The maximum absolute atomic E-state index is 6.23. The minimum absolute atomic E-state index is 0.277. The van der Waals surface area contributed by atoms with E-state index in [1.165, 1.54) is 22.3 Å². The number of halogens is 2. The van der Waals surface area contributed by atoms with E-state index >= 15 is 0 Å². The molecular formula is C18H18Cl2O. The van der Waals surface area contributed by atoms with E-state index in [1.54, 1.807) is 0 Å². The highest BCUT2D eigenvalue weighted by Gasteiger charge is 2.20. The molecule has 2 aromatic carbocycles. The molecule has 0 fully saturated rings. The minimum Gasteiger partial charge on any atom is -0.493 e. The number of ether oxygens (including phenoxy) is 1. The van der Waals surface area contributed by atoms with Crippen molar-refractivity contribution in [2.24, 2.45) is 0 Å². The summed E-state index contributed by atoms with van der Waals surface area (Å²) < 4.78 is 5.78. The van der Waals surface area contributed by atoms with Crippen molar-refractivity contribution < 1.29 is 4.74 Å². The molecule has 0 saturated heterocycles. The maximum Gasteiger partial charge on any atom is 0.125 e. The fourth-order valence-corrected chi connectivity index (χ4v) is 3.41. The number of rotatable bonds is 4. The summed E-state index contributed by atoms with van der Waals surface area (Å²) in [5, 5.41) is 0.784. The maximum atomic E-state index is 6.23. The van der Waals surface area contributed by atoms with Crippen LogP contribution in [0.15, 0.2) is 36.4 Å². The Morgan fingerprint density at radius 2 is 1.95 bits per heavy atom. The molecule has 1 heterocycles. The highest BCUT2D eigenvalue weighted by Crippen LogP contribution is 2.36. The summed E-state index contributed by atoms with van der Waals surface area (Å²) in [6.45, 7) is 2.84. The van der Waals surface area contributed by atoms with Crippen LogP contribution in [0.25, 0.3) is 0 Å². The molecular weight excluding hydrogens is 303 g/mol. The van der Waals surface area contributed by atoms with Gasteiger partial charge in [0.15, 0.2) is 0 Å². The average Bonchev–Trinajstić information content (AvgIpc) is 2.94. The zero-order chi connectivity index (χ0) is 14.8. The van der Waals surface area contributed by atoms with Crippen LogP contribution in [0.4, 0.5) is 0 Å². The minimum atomic E-state index is 0.277. The van der Waals surface area contributed by atoms with Gasteiger partial charge in [-0.15, -0.1) is 11.6 Å². The summed E-state index contributed by atoms with van der Waals surface area (Å²) in [5.74, 6) is 1.88. The van der Waals surface area contributed by atoms with Crippen molar-refractivity contribution in [3.8, 4) is 5.75 Å². The first kappa shape index (κ1) is 14.7. The van der Waals surface area contributed by atoms with Gasteiger partial charge in [0.05, 0.1) is 6.61 Å². The third kappa shape index (κ3) is 3.20. The van der Waals surface area contributed by atoms with E-state index in [0.717, 1.165) is 30.2 Å². The van der Waals surface area contributed by atoms with Crippen LogP contribution < -0.4 is 4.74 Å². The summed E-state index contributed by atoms with van der Waals surface area (Å²) in [6, 6.07) is 12.6. The average molecular weight is 321 g/mol. The first-order valence-electron chi connectivity index (χ1n) is 7.24. The zero-order valence-electron chi connectivity index (χ0n) is 12.0. The van der Waals surface area contributed by atoms with Gasteiger partial charge in [0.25, 0.3) is 0 Å². The summed E-state index contributed by atoms with van der Waals surface area (Å²) in [5.41, 5.74) is 4.91. The number of benzene rings is 2. The lowest BCUT2D eigenvalue weighted by Crippen LogP contribution is -2.06. The van der Waals surface area contributed by atoms with E-state index in [1.807, 2.05) is 12.1 Å². The predicted molar refractivity (Wildman–Crippen MR) is 89.0 cm³/mol. The smallest absolute Gasteiger partial charge is 0.125 e. The lowest BCUT2D eigenvalue weighted by molar-refractivity contribution is 0.353. The molecule has 1 aliphatic rings. The number of hydrogen-bond acceptors (Lipinski definition) is 1. The van der Waals surface area contributed by atoms with Crippen LogP contribution in [0.5, 0.6) is 5.75 Å². The third-order valence-corrected chi connectivity index (χ3v) is 4.62. The van der Waals surface area contributed by atoms with E-state index in [-0.39, 0.29) is 5.92 Å². The Balaban J connectivity index is 1.89. The van der Waals surface area contributed by atoms with Crippen molar-refractivity contribution >= 4 is 23.2 Å². The fourth-order valence-electron chi connectivity index (χ4n) is 2.86. The van der Waals surface area contributed by atoms with Crippen LogP contribution in [-0.4, -0.2) is 12.5 Å². The Bertz CT molecular complexity index is 634. The van der Waals surface area contributed by atoms with Gasteiger partial charge in [0.1, 0.15) is 5.75 Å². The molecule has 1 atom stereocenters. The van der Waals surface area contributed by atoms with Gasteiger partial charge in [0, 0.05) is 23.2 Å². The normalized spacial score (nSPS) is 14.6. The summed E-state index contributed by atoms with van der Waals surface area (Å²) in [7, 11) is 0. The molecule has 110 valence electrons. The van der Waals surface area contributed by atoms with Crippen molar-refractivity contribution in [1.29, 1.82) is 0 Å². The van der Waals surface area contributed by atoms with E-state index in [0.29, 0.717) is 5.88 Å². The molecule has 0 saturated carbocycles. The van der Waals surface area contributed by atoms with E-state index in [2.05, 4.69) is 31.2 Å². The van der Waals surface area contributed by atoms with Gasteiger partial charge < -0.3 is 4.74 Å². The van der Waals surface area contributed by atoms with E-state index in [4.69, 9.17) is 27.9 Å². The lowest BCUT2D eigenvalue weighted by Gasteiger charge is -2.17. The molecule has 1 aliphatic heterocycles. The van der Waals surface area contributed by atoms with Crippen molar-refractivity contribution in [1.82, 2.24) is 0 Å². The largest absolute Gasteiger partial charge is 0.493 e. The fraction of sp³-hybridized carbons (Fsp3) is 0.333. The monoisotopic (exact) mass is 320 g/mol. The van der Waals surface area contributed by atoms with Crippen LogP contribution in [0.3, 0.4) is 0 Å². The van der Waals surface area contributed by atoms with Gasteiger partial charge in [-0.05, 0) is 42.2 Å². The lowest BCUT2D eigenvalue weighted by atomic mass is 9.92. The third-order valence-electron chi connectivity index (χ3n) is 4.03. The number of fused-ring (bicyclic) bond motifs is 1. The highest BCUT2D eigenvalue weighted by molar-refractivity contribution is 6.30. The molecule has 21 heavy (non-hydrogen) atoms. The second kappa shape index (κ2) is 6.29. The Labute approximate surface area is 135 Å². The van der Waals surface area contributed by atoms with Gasteiger partial charge in [-0.25, -0.2) is 0 Å². The SMILES string of the molecule is Cc1ccc(C(CCl)Cc2cc(Cl)cc3c2OCC3)cc1. The molecule has 0 N–H and O–H groups in total. The van der Waals surface area contributed by atoms with E-state index in [9.17, 15) is 0 Å². The van der Waals surface area contributed by atoms with Gasteiger partial charge >= 0.3 is 0 Å². The van der Waals surface area contributed by atoms with Crippen molar-refractivity contribution in [2.45, 2.75) is 25.7 Å². The topological polar surface area (TPSA) is 9.23 Å². The van der Waals surface area contributed by atoms with Crippen molar-refractivity contribution in [3.63, 3.8) is 0 Å². The van der Waals surface area contributed by atoms with Gasteiger partial charge in [-0.1, -0.05) is 41.4 Å². The van der Waals surface area contributed by atoms with E-state index < -0.39 is 0 Å². The Kier molecular flexibility index (Phi) is 4.42. The molecule has 3 heteroatoms. The van der Waals surface area contributed by atoms with Crippen LogP contribution in [0.2, 0.25) is 5.02 Å². The molecule has 0 aromatic heterocycles. The van der Waals surface area contributed by atoms with Gasteiger partial charge in [-0.2, -0.15) is 0 Å².